The zero-order valence-electron chi connectivity index (χ0n) is 28.5. The van der Waals surface area contributed by atoms with Gasteiger partial charge in [0.2, 0.25) is 23.0 Å². The Kier molecular flexibility index (Phi) is 6.59. The largest absolute Gasteiger partial charge is 0.504 e. The molecule has 0 atom stereocenters. The Bertz CT molecular complexity index is 3210. The average Bonchev–Trinajstić information content (AvgIpc) is 3.60. The molecule has 0 aliphatic carbocycles. The van der Waals surface area contributed by atoms with Crippen molar-refractivity contribution in [2.24, 2.45) is 0 Å². The van der Waals surface area contributed by atoms with Gasteiger partial charge < -0.3 is 45.3 Å². The van der Waals surface area contributed by atoms with Crippen LogP contribution in [-0.4, -0.2) is 40.9 Å². The first kappa shape index (κ1) is 31.9. The quantitative estimate of drug-likeness (QED) is 0.0501. The fourth-order valence-electron chi connectivity index (χ4n) is 8.17. The van der Waals surface area contributed by atoms with Crippen LogP contribution in [0.15, 0.2) is 126 Å². The summed E-state index contributed by atoms with van der Waals surface area (Å²) in [6, 6.07) is 37.3. The Morgan fingerprint density at radius 2 is 0.855 bits per heavy atom. The molecule has 9 aromatic carbocycles. The molecule has 0 bridgehead atoms. The minimum Gasteiger partial charge on any atom is -0.504 e. The lowest BCUT2D eigenvalue weighted by atomic mass is 9.82. The molecule has 1 heterocycles. The van der Waals surface area contributed by atoms with Gasteiger partial charge >= 0.3 is 0 Å². The molecule has 266 valence electrons. The highest BCUT2D eigenvalue weighted by Gasteiger charge is 2.33. The summed E-state index contributed by atoms with van der Waals surface area (Å²) in [4.78, 5) is 0. The van der Waals surface area contributed by atoms with Gasteiger partial charge in [-0.25, -0.2) is 0 Å². The van der Waals surface area contributed by atoms with Crippen molar-refractivity contribution in [3.05, 3.63) is 121 Å². The molecule has 10 rings (SSSR count). The zero-order chi connectivity index (χ0) is 37.9. The second-order valence-corrected chi connectivity index (χ2v) is 13.6. The first-order valence-electron chi connectivity index (χ1n) is 17.3. The monoisotopic (exact) mass is 724 g/mol. The van der Waals surface area contributed by atoms with Crippen molar-refractivity contribution in [3.63, 3.8) is 0 Å². The van der Waals surface area contributed by atoms with Crippen molar-refractivity contribution in [2.75, 3.05) is 0 Å². The predicted octanol–water partition coefficient (Wildman–Crippen LogP) is 10.8. The number of aromatic hydroxyl groups is 8. The minimum absolute atomic E-state index is 0.0239. The average molecular weight is 725 g/mol. The molecule has 0 unspecified atom stereocenters. The first-order valence-corrected chi connectivity index (χ1v) is 17.3. The molecule has 0 fully saturated rings. The van der Waals surface area contributed by atoms with E-state index >= 15 is 0 Å². The molecule has 8 N–H and O–H groups in total. The number of benzene rings is 9. The van der Waals surface area contributed by atoms with E-state index in [1.165, 1.54) is 0 Å². The van der Waals surface area contributed by atoms with Crippen molar-refractivity contribution in [1.82, 2.24) is 0 Å². The van der Waals surface area contributed by atoms with Gasteiger partial charge in [0.05, 0.1) is 0 Å². The molecular formula is C46H28O9. The van der Waals surface area contributed by atoms with Crippen molar-refractivity contribution in [1.29, 1.82) is 0 Å². The van der Waals surface area contributed by atoms with Gasteiger partial charge in [-0.05, 0) is 68.7 Å². The molecule has 0 saturated carbocycles. The van der Waals surface area contributed by atoms with E-state index in [0.29, 0.717) is 27.7 Å². The summed E-state index contributed by atoms with van der Waals surface area (Å²) in [7, 11) is 0. The molecule has 9 nitrogen and oxygen atoms in total. The van der Waals surface area contributed by atoms with Gasteiger partial charge in [0.25, 0.3) is 0 Å². The molecular weight excluding hydrogens is 696 g/mol. The molecule has 0 amide bonds. The normalized spacial score (nSPS) is 11.9. The third-order valence-corrected chi connectivity index (χ3v) is 10.7. The molecule has 9 heteroatoms. The summed E-state index contributed by atoms with van der Waals surface area (Å²) in [5, 5.41) is 95.4. The fourth-order valence-corrected chi connectivity index (χ4v) is 8.17. The minimum atomic E-state index is -1.03. The van der Waals surface area contributed by atoms with Crippen LogP contribution in [0.25, 0.3) is 98.4 Å². The smallest absolute Gasteiger partial charge is 0.204 e. The maximum atomic E-state index is 11.8. The van der Waals surface area contributed by atoms with E-state index in [1.54, 1.807) is 30.3 Å². The van der Waals surface area contributed by atoms with E-state index in [0.717, 1.165) is 38.1 Å². The highest BCUT2D eigenvalue weighted by molar-refractivity contribution is 6.30. The van der Waals surface area contributed by atoms with Crippen LogP contribution < -0.4 is 0 Å². The summed E-state index contributed by atoms with van der Waals surface area (Å²) >= 11 is 0. The van der Waals surface area contributed by atoms with Crippen LogP contribution >= 0.6 is 0 Å². The Morgan fingerprint density at radius 1 is 0.327 bits per heavy atom. The summed E-state index contributed by atoms with van der Waals surface area (Å²) in [5.74, 6) is -7.51. The van der Waals surface area contributed by atoms with Gasteiger partial charge in [-0.3, -0.25) is 0 Å². The van der Waals surface area contributed by atoms with E-state index in [9.17, 15) is 40.9 Å². The van der Waals surface area contributed by atoms with Gasteiger partial charge in [0.1, 0.15) is 11.2 Å². The zero-order valence-corrected chi connectivity index (χ0v) is 28.5. The molecule has 10 aromatic rings. The van der Waals surface area contributed by atoms with Crippen LogP contribution in [-0.2, 0) is 0 Å². The molecule has 55 heavy (non-hydrogen) atoms. The number of phenols is 8. The Labute approximate surface area is 310 Å². The van der Waals surface area contributed by atoms with Gasteiger partial charge in [-0.2, -0.15) is 0 Å². The lowest BCUT2D eigenvalue weighted by Crippen LogP contribution is -1.95. The van der Waals surface area contributed by atoms with Crippen LogP contribution in [0.3, 0.4) is 0 Å². The van der Waals surface area contributed by atoms with E-state index < -0.39 is 46.0 Å². The first-order chi connectivity index (χ1) is 26.6. The van der Waals surface area contributed by atoms with E-state index in [2.05, 4.69) is 0 Å². The van der Waals surface area contributed by atoms with Crippen LogP contribution in [0, 0.1) is 0 Å². The van der Waals surface area contributed by atoms with Gasteiger partial charge in [0.15, 0.2) is 23.0 Å². The highest BCUT2D eigenvalue weighted by atomic mass is 16.4. The molecule has 0 saturated heterocycles. The van der Waals surface area contributed by atoms with Crippen LogP contribution in [0.2, 0.25) is 0 Å². The van der Waals surface area contributed by atoms with Gasteiger partial charge in [0, 0.05) is 48.8 Å². The molecule has 0 spiro atoms. The maximum Gasteiger partial charge on any atom is 0.204 e. The van der Waals surface area contributed by atoms with Crippen molar-refractivity contribution in [3.8, 4) is 79.4 Å². The molecule has 0 aliphatic heterocycles. The summed E-state index contributed by atoms with van der Waals surface area (Å²) < 4.78 is 6.32. The van der Waals surface area contributed by atoms with Gasteiger partial charge in [-0.1, -0.05) is 91.0 Å². The van der Waals surface area contributed by atoms with Crippen LogP contribution in [0.1, 0.15) is 0 Å². The van der Waals surface area contributed by atoms with Crippen LogP contribution in [0.4, 0.5) is 0 Å². The fraction of sp³-hybridized carbons (Fsp3) is 0. The number of rotatable bonds is 3. The number of hydrogen-bond acceptors (Lipinski definition) is 9. The van der Waals surface area contributed by atoms with Crippen molar-refractivity contribution >= 4 is 65.0 Å². The molecule has 1 aromatic heterocycles. The second-order valence-electron chi connectivity index (χ2n) is 13.6. The topological polar surface area (TPSA) is 175 Å². The summed E-state index contributed by atoms with van der Waals surface area (Å²) in [6.45, 7) is 0. The third kappa shape index (κ3) is 4.35. The Morgan fingerprint density at radius 3 is 1.47 bits per heavy atom. The highest BCUT2D eigenvalue weighted by Crippen LogP contribution is 2.62. The molecule has 0 aliphatic rings. The Balaban J connectivity index is 1.42. The number of hydrogen-bond donors (Lipinski definition) is 8. The van der Waals surface area contributed by atoms with E-state index in [-0.39, 0.29) is 32.7 Å². The number of phenolic OH excluding ortho intramolecular Hbond substituents is 8. The SMILES string of the molecule is Oc1c(O)c(O)c2c(-c3ccc4oc5c6ccccc6ccc5c4c3)c3c(O)c(O)c(O)c(O)c3c(-c3cc(-c4ccccc4)c4ccccc4c3)c2c1O. The summed E-state index contributed by atoms with van der Waals surface area (Å²) in [5.41, 5.74) is 3.30. The number of furan rings is 1. The second kappa shape index (κ2) is 11.4. The van der Waals surface area contributed by atoms with E-state index in [4.69, 9.17) is 4.42 Å². The van der Waals surface area contributed by atoms with Crippen molar-refractivity contribution in [2.45, 2.75) is 0 Å². The van der Waals surface area contributed by atoms with E-state index in [1.807, 2.05) is 91.0 Å². The third-order valence-electron chi connectivity index (χ3n) is 10.7. The standard InChI is InChI=1S/C46H28O9/c47-38-34-32(24-15-17-31-30(19-24)28-16-14-22-10-4-7-13-27(22)46(28)55-31)35-37(41(50)45(54)43(52)39(35)48)33(36(34)40(49)44(53)42(38)51)25-18-23-11-5-6-12-26(23)29(20-25)21-8-2-1-3-9-21/h1-20,47-54H. The molecule has 0 radical (unpaired) electrons. The maximum absolute atomic E-state index is 11.8. The van der Waals surface area contributed by atoms with Crippen LogP contribution in [0.5, 0.6) is 46.0 Å². The number of fused-ring (bicyclic) bond motifs is 8. The predicted molar refractivity (Wildman–Crippen MR) is 213 cm³/mol. The van der Waals surface area contributed by atoms with Crippen molar-refractivity contribution < 1.29 is 45.3 Å². The Hall–Kier alpha value is -7.78. The lowest BCUT2D eigenvalue weighted by Gasteiger charge is -2.23. The van der Waals surface area contributed by atoms with Gasteiger partial charge in [-0.15, -0.1) is 0 Å². The summed E-state index contributed by atoms with van der Waals surface area (Å²) in [6.07, 6.45) is 0. The lowest BCUT2D eigenvalue weighted by molar-refractivity contribution is 0.350.